The largest absolute Gasteiger partial charge is 0.335 e. The van der Waals surface area contributed by atoms with Crippen LogP contribution in [0.1, 0.15) is 33.3 Å². The van der Waals surface area contributed by atoms with Gasteiger partial charge in [-0.05, 0) is 32.0 Å². The Morgan fingerprint density at radius 1 is 0.964 bits per heavy atom. The number of para-hydroxylation sites is 1. The molecule has 0 saturated carbocycles. The van der Waals surface area contributed by atoms with E-state index in [9.17, 15) is 9.59 Å². The lowest BCUT2D eigenvalue weighted by Gasteiger charge is -2.11. The van der Waals surface area contributed by atoms with Gasteiger partial charge in [0.15, 0.2) is 5.78 Å². The van der Waals surface area contributed by atoms with Crippen molar-refractivity contribution in [1.29, 1.82) is 0 Å². The van der Waals surface area contributed by atoms with Crippen LogP contribution in [0, 0.1) is 6.92 Å². The molecule has 0 aliphatic heterocycles. The smallest absolute Gasteiger partial charge is 0.259 e. The molecule has 0 aliphatic carbocycles. The number of anilines is 1. The molecule has 1 amide bonds. The summed E-state index contributed by atoms with van der Waals surface area (Å²) in [6.07, 6.45) is 0. The molecule has 0 fully saturated rings. The fourth-order valence-electron chi connectivity index (χ4n) is 3.12. The monoisotopic (exact) mass is 371 g/mol. The minimum absolute atomic E-state index is 0.123. The van der Waals surface area contributed by atoms with Crippen LogP contribution in [0.2, 0.25) is 0 Å². The van der Waals surface area contributed by atoms with Crippen molar-refractivity contribution in [2.24, 2.45) is 0 Å². The second-order valence-corrected chi connectivity index (χ2v) is 6.43. The summed E-state index contributed by atoms with van der Waals surface area (Å²) >= 11 is 0. The first-order chi connectivity index (χ1) is 13.5. The van der Waals surface area contributed by atoms with Crippen molar-refractivity contribution in [3.8, 4) is 11.3 Å². The summed E-state index contributed by atoms with van der Waals surface area (Å²) in [5.74, 6) is -0.480. The molecule has 0 aliphatic rings. The minimum atomic E-state index is -0.357. The lowest BCUT2D eigenvalue weighted by atomic mass is 10.0. The molecule has 0 atom stereocenters. The number of Topliss-reactive ketones (excluding diaryl/α,β-unsaturated/α-hetero) is 1. The Hall–Kier alpha value is -3.80. The molecule has 28 heavy (non-hydrogen) atoms. The highest BCUT2D eigenvalue weighted by molar-refractivity contribution is 6.15. The standard InChI is InChI=1S/C22H17N3O3/c1-13-20-17(21(27)23-18-11-7-6-10-16(18)14(2)26)12-19(24-22(20)28-25-13)15-8-4-3-5-9-15/h3-12H,1-2H3,(H,23,27). The first-order valence-electron chi connectivity index (χ1n) is 8.78. The van der Waals surface area contributed by atoms with Crippen molar-refractivity contribution in [3.63, 3.8) is 0 Å². The molecule has 2 heterocycles. The normalized spacial score (nSPS) is 10.8. The van der Waals surface area contributed by atoms with Crippen molar-refractivity contribution in [3.05, 3.63) is 77.5 Å². The van der Waals surface area contributed by atoms with Gasteiger partial charge in [-0.3, -0.25) is 9.59 Å². The van der Waals surface area contributed by atoms with E-state index in [0.29, 0.717) is 39.3 Å². The lowest BCUT2D eigenvalue weighted by Crippen LogP contribution is -2.15. The second kappa shape index (κ2) is 7.08. The average molecular weight is 371 g/mol. The molecule has 138 valence electrons. The summed E-state index contributed by atoms with van der Waals surface area (Å²) in [5.41, 5.74) is 3.63. The predicted octanol–water partition coefficient (Wildman–Crippen LogP) is 4.65. The van der Waals surface area contributed by atoms with Crippen LogP contribution < -0.4 is 5.32 Å². The molecule has 1 N–H and O–H groups in total. The highest BCUT2D eigenvalue weighted by Crippen LogP contribution is 2.28. The number of pyridine rings is 1. The number of aryl methyl sites for hydroxylation is 1. The topological polar surface area (TPSA) is 85.1 Å². The summed E-state index contributed by atoms with van der Waals surface area (Å²) in [6, 6.07) is 18.1. The summed E-state index contributed by atoms with van der Waals surface area (Å²) in [6.45, 7) is 3.23. The van der Waals surface area contributed by atoms with E-state index >= 15 is 0 Å². The van der Waals surface area contributed by atoms with Gasteiger partial charge in [-0.2, -0.15) is 0 Å². The zero-order valence-corrected chi connectivity index (χ0v) is 15.4. The van der Waals surface area contributed by atoms with Gasteiger partial charge in [0.05, 0.1) is 28.0 Å². The molecule has 6 heteroatoms. The van der Waals surface area contributed by atoms with E-state index < -0.39 is 0 Å². The number of ketones is 1. The van der Waals surface area contributed by atoms with Gasteiger partial charge in [0.25, 0.3) is 11.6 Å². The first kappa shape index (κ1) is 17.6. The fraction of sp³-hybridized carbons (Fsp3) is 0.0909. The number of nitrogens with one attached hydrogen (secondary N) is 1. The van der Waals surface area contributed by atoms with Gasteiger partial charge in [-0.15, -0.1) is 0 Å². The maximum absolute atomic E-state index is 13.1. The van der Waals surface area contributed by atoms with Gasteiger partial charge in [0.1, 0.15) is 0 Å². The number of hydrogen-bond acceptors (Lipinski definition) is 5. The third-order valence-electron chi connectivity index (χ3n) is 4.49. The average Bonchev–Trinajstić information content (AvgIpc) is 3.09. The molecule has 0 radical (unpaired) electrons. The third-order valence-corrected chi connectivity index (χ3v) is 4.49. The van der Waals surface area contributed by atoms with E-state index in [2.05, 4.69) is 15.5 Å². The number of carbonyl (C=O) groups is 2. The second-order valence-electron chi connectivity index (χ2n) is 6.43. The molecule has 0 bridgehead atoms. The minimum Gasteiger partial charge on any atom is -0.335 e. The van der Waals surface area contributed by atoms with Crippen LogP contribution in [0.4, 0.5) is 5.69 Å². The number of fused-ring (bicyclic) bond motifs is 1. The summed E-state index contributed by atoms with van der Waals surface area (Å²) in [4.78, 5) is 29.5. The summed E-state index contributed by atoms with van der Waals surface area (Å²) in [7, 11) is 0. The van der Waals surface area contributed by atoms with Gasteiger partial charge in [-0.25, -0.2) is 4.98 Å². The van der Waals surface area contributed by atoms with E-state index in [4.69, 9.17) is 4.52 Å². The highest BCUT2D eigenvalue weighted by atomic mass is 16.5. The Balaban J connectivity index is 1.82. The van der Waals surface area contributed by atoms with Crippen molar-refractivity contribution in [2.45, 2.75) is 13.8 Å². The molecule has 2 aromatic heterocycles. The van der Waals surface area contributed by atoms with Crippen molar-refractivity contribution in [2.75, 3.05) is 5.32 Å². The Bertz CT molecular complexity index is 1200. The van der Waals surface area contributed by atoms with Crippen LogP contribution in [0.3, 0.4) is 0 Å². The van der Waals surface area contributed by atoms with E-state index in [1.54, 1.807) is 37.3 Å². The number of benzene rings is 2. The number of carbonyl (C=O) groups excluding carboxylic acids is 2. The van der Waals surface area contributed by atoms with Gasteiger partial charge in [0.2, 0.25) is 0 Å². The molecule has 4 rings (SSSR count). The number of nitrogens with zero attached hydrogens (tertiary/aromatic N) is 2. The molecular formula is C22H17N3O3. The van der Waals surface area contributed by atoms with E-state index in [1.165, 1.54) is 6.92 Å². The quantitative estimate of drug-likeness (QED) is 0.528. The van der Waals surface area contributed by atoms with Crippen LogP contribution in [-0.2, 0) is 0 Å². The van der Waals surface area contributed by atoms with Crippen molar-refractivity contribution in [1.82, 2.24) is 10.1 Å². The Kier molecular flexibility index (Phi) is 4.45. The fourth-order valence-corrected chi connectivity index (χ4v) is 3.12. The predicted molar refractivity (Wildman–Crippen MR) is 106 cm³/mol. The van der Waals surface area contributed by atoms with Gasteiger partial charge >= 0.3 is 0 Å². The zero-order valence-electron chi connectivity index (χ0n) is 15.4. The van der Waals surface area contributed by atoms with Gasteiger partial charge in [-0.1, -0.05) is 47.6 Å². The number of amides is 1. The molecule has 4 aromatic rings. The Morgan fingerprint density at radius 2 is 1.68 bits per heavy atom. The zero-order chi connectivity index (χ0) is 19.7. The van der Waals surface area contributed by atoms with Gasteiger partial charge < -0.3 is 9.84 Å². The molecule has 0 unspecified atom stereocenters. The van der Waals surface area contributed by atoms with Crippen molar-refractivity contribution < 1.29 is 14.1 Å². The Morgan fingerprint density at radius 3 is 2.43 bits per heavy atom. The Labute approximate surface area is 161 Å². The van der Waals surface area contributed by atoms with Crippen LogP contribution >= 0.6 is 0 Å². The number of aromatic nitrogens is 2. The van der Waals surface area contributed by atoms with Crippen LogP contribution in [-0.4, -0.2) is 21.8 Å². The van der Waals surface area contributed by atoms with E-state index in [0.717, 1.165) is 5.56 Å². The molecule has 0 saturated heterocycles. The van der Waals surface area contributed by atoms with Crippen LogP contribution in [0.5, 0.6) is 0 Å². The van der Waals surface area contributed by atoms with Crippen molar-refractivity contribution >= 4 is 28.5 Å². The SMILES string of the molecule is CC(=O)c1ccccc1NC(=O)c1cc(-c2ccccc2)nc2onc(C)c12. The van der Waals surface area contributed by atoms with E-state index in [1.807, 2.05) is 30.3 Å². The maximum atomic E-state index is 13.1. The highest BCUT2D eigenvalue weighted by Gasteiger charge is 2.20. The van der Waals surface area contributed by atoms with E-state index in [-0.39, 0.29) is 11.7 Å². The van der Waals surface area contributed by atoms with Gasteiger partial charge in [0, 0.05) is 11.1 Å². The van der Waals surface area contributed by atoms with Crippen LogP contribution in [0.15, 0.2) is 65.2 Å². The summed E-state index contributed by atoms with van der Waals surface area (Å²) < 4.78 is 5.32. The molecule has 0 spiro atoms. The lowest BCUT2D eigenvalue weighted by molar-refractivity contribution is 0.101. The summed E-state index contributed by atoms with van der Waals surface area (Å²) in [5, 5.41) is 7.35. The first-order valence-corrected chi connectivity index (χ1v) is 8.78. The molecule has 2 aromatic carbocycles. The van der Waals surface area contributed by atoms with Crippen LogP contribution in [0.25, 0.3) is 22.4 Å². The number of hydrogen-bond donors (Lipinski definition) is 1. The molecule has 6 nitrogen and oxygen atoms in total. The maximum Gasteiger partial charge on any atom is 0.259 e. The third kappa shape index (κ3) is 3.16. The molecular weight excluding hydrogens is 354 g/mol. The number of rotatable bonds is 4.